The zero-order valence-electron chi connectivity index (χ0n) is 12.1. The Bertz CT molecular complexity index is 586. The molecule has 0 heterocycles. The van der Waals surface area contributed by atoms with Gasteiger partial charge in [0.2, 0.25) is 5.91 Å². The van der Waals surface area contributed by atoms with Crippen LogP contribution in [0.2, 0.25) is 0 Å². The highest BCUT2D eigenvalue weighted by Gasteiger charge is 2.11. The monoisotopic (exact) mass is 324 g/mol. The number of nitro benzene ring substituents is 1. The summed E-state index contributed by atoms with van der Waals surface area (Å²) in [5.41, 5.74) is 4.79. The second kappa shape index (κ2) is 8.03. The fourth-order valence-corrected chi connectivity index (χ4v) is 1.66. The van der Waals surface area contributed by atoms with Gasteiger partial charge in [-0.1, -0.05) is 13.8 Å². The number of amides is 2. The van der Waals surface area contributed by atoms with Crippen molar-refractivity contribution in [1.82, 2.24) is 16.2 Å². The van der Waals surface area contributed by atoms with Gasteiger partial charge in [-0.3, -0.25) is 30.6 Å². The second-order valence-corrected chi connectivity index (χ2v) is 5.27. The number of nitro groups is 1. The highest BCUT2D eigenvalue weighted by atomic mass is 32.1. The Labute approximate surface area is 132 Å². The quantitative estimate of drug-likeness (QED) is 0.437. The van der Waals surface area contributed by atoms with Gasteiger partial charge < -0.3 is 5.32 Å². The van der Waals surface area contributed by atoms with Gasteiger partial charge in [0.25, 0.3) is 11.6 Å². The molecule has 0 fully saturated rings. The first-order chi connectivity index (χ1) is 10.3. The van der Waals surface area contributed by atoms with E-state index in [1.165, 1.54) is 24.3 Å². The first-order valence-electron chi connectivity index (χ1n) is 6.44. The first-order valence-corrected chi connectivity index (χ1v) is 6.85. The molecule has 2 amide bonds. The molecule has 1 aromatic rings. The molecule has 0 atom stereocenters. The van der Waals surface area contributed by atoms with Gasteiger partial charge in [-0.15, -0.1) is 0 Å². The van der Waals surface area contributed by atoms with E-state index in [1.807, 2.05) is 13.8 Å². The smallest absolute Gasteiger partial charge is 0.269 e. The van der Waals surface area contributed by atoms with Crippen LogP contribution in [0.4, 0.5) is 5.69 Å². The van der Waals surface area contributed by atoms with E-state index in [-0.39, 0.29) is 28.2 Å². The van der Waals surface area contributed by atoms with E-state index in [0.717, 1.165) is 0 Å². The molecule has 0 aliphatic carbocycles. The van der Waals surface area contributed by atoms with Crippen molar-refractivity contribution < 1.29 is 14.5 Å². The molecule has 1 aromatic carbocycles. The summed E-state index contributed by atoms with van der Waals surface area (Å²) in [5, 5.41) is 12.9. The Hall–Kier alpha value is -2.55. The van der Waals surface area contributed by atoms with Crippen LogP contribution in [0.5, 0.6) is 0 Å². The number of benzene rings is 1. The topological polar surface area (TPSA) is 113 Å². The van der Waals surface area contributed by atoms with Gasteiger partial charge in [0.05, 0.1) is 4.92 Å². The molecule has 0 unspecified atom stereocenters. The zero-order valence-corrected chi connectivity index (χ0v) is 12.9. The van der Waals surface area contributed by atoms with Gasteiger partial charge in [-0.2, -0.15) is 0 Å². The molecule has 0 aliphatic rings. The van der Waals surface area contributed by atoms with Crippen LogP contribution in [-0.2, 0) is 4.79 Å². The number of hydrogen-bond acceptors (Lipinski definition) is 5. The third-order valence-electron chi connectivity index (χ3n) is 2.48. The van der Waals surface area contributed by atoms with Crippen LogP contribution in [0.3, 0.4) is 0 Å². The van der Waals surface area contributed by atoms with E-state index < -0.39 is 10.8 Å². The molecule has 3 N–H and O–H groups in total. The average Bonchev–Trinajstić information content (AvgIpc) is 2.43. The predicted molar refractivity (Wildman–Crippen MR) is 83.9 cm³/mol. The normalized spacial score (nSPS) is 9.95. The number of thiocarbonyl (C=S) groups is 1. The molecule has 22 heavy (non-hydrogen) atoms. The van der Waals surface area contributed by atoms with Crippen molar-refractivity contribution in [3.05, 3.63) is 39.9 Å². The van der Waals surface area contributed by atoms with E-state index in [9.17, 15) is 19.7 Å². The predicted octanol–water partition coefficient (Wildman–Crippen LogP) is 1.28. The third-order valence-corrected chi connectivity index (χ3v) is 2.68. The first kappa shape index (κ1) is 17.5. The Morgan fingerprint density at radius 2 is 1.82 bits per heavy atom. The number of nitrogens with zero attached hydrogens (tertiary/aromatic N) is 1. The molecule has 0 saturated carbocycles. The summed E-state index contributed by atoms with van der Waals surface area (Å²) in [6.07, 6.45) is 0.318. The molecule has 0 saturated heterocycles. The van der Waals surface area contributed by atoms with Crippen molar-refractivity contribution in [3.8, 4) is 0 Å². The molecular formula is C13H16N4O4S. The Kier molecular flexibility index (Phi) is 6.39. The minimum absolute atomic E-state index is 0.0269. The molecule has 0 radical (unpaired) electrons. The van der Waals surface area contributed by atoms with E-state index in [1.54, 1.807) is 0 Å². The molecule has 0 bridgehead atoms. The maximum Gasteiger partial charge on any atom is 0.269 e. The summed E-state index contributed by atoms with van der Waals surface area (Å²) in [5.74, 6) is -0.593. The van der Waals surface area contributed by atoms with Gasteiger partial charge in [-0.05, 0) is 30.3 Å². The fraction of sp³-hybridized carbons (Fsp3) is 0.308. The Balaban J connectivity index is 2.47. The lowest BCUT2D eigenvalue weighted by Gasteiger charge is -2.11. The summed E-state index contributed by atoms with van der Waals surface area (Å²) in [4.78, 5) is 33.2. The van der Waals surface area contributed by atoms with E-state index in [0.29, 0.717) is 6.42 Å². The van der Waals surface area contributed by atoms with Crippen LogP contribution < -0.4 is 16.2 Å². The lowest BCUT2D eigenvalue weighted by Crippen LogP contribution is -2.48. The fourth-order valence-electron chi connectivity index (χ4n) is 1.50. The molecule has 8 nitrogen and oxygen atoms in total. The van der Waals surface area contributed by atoms with E-state index >= 15 is 0 Å². The minimum atomic E-state index is -0.556. The van der Waals surface area contributed by atoms with E-state index in [4.69, 9.17) is 12.2 Å². The maximum atomic E-state index is 11.8. The maximum absolute atomic E-state index is 11.8. The number of non-ortho nitro benzene ring substituents is 1. The van der Waals surface area contributed by atoms with Crippen LogP contribution in [0, 0.1) is 16.0 Å². The van der Waals surface area contributed by atoms with Crippen LogP contribution in [0.1, 0.15) is 30.6 Å². The van der Waals surface area contributed by atoms with Gasteiger partial charge in [0.1, 0.15) is 0 Å². The average molecular weight is 324 g/mol. The lowest BCUT2D eigenvalue weighted by atomic mass is 10.1. The number of carbonyl (C=O) groups excluding carboxylic acids is 2. The summed E-state index contributed by atoms with van der Waals surface area (Å²) in [6.45, 7) is 3.79. The Morgan fingerprint density at radius 3 is 2.32 bits per heavy atom. The standard InChI is InChI=1S/C13H16N4O4S/c1-8(2)7-11(18)14-13(22)16-15-12(19)9-3-5-10(6-4-9)17(20)21/h3-6,8H,7H2,1-2H3,(H,15,19)(H2,14,16,18,22). The zero-order chi connectivity index (χ0) is 16.7. The van der Waals surface area contributed by atoms with Gasteiger partial charge in [0.15, 0.2) is 5.11 Å². The van der Waals surface area contributed by atoms with Crippen molar-refractivity contribution in [2.24, 2.45) is 5.92 Å². The van der Waals surface area contributed by atoms with Gasteiger partial charge in [0, 0.05) is 24.1 Å². The molecular weight excluding hydrogens is 308 g/mol. The second-order valence-electron chi connectivity index (χ2n) is 4.86. The number of hydrazine groups is 1. The third kappa shape index (κ3) is 5.83. The van der Waals surface area contributed by atoms with Crippen molar-refractivity contribution in [2.45, 2.75) is 20.3 Å². The van der Waals surface area contributed by atoms with Gasteiger partial charge >= 0.3 is 0 Å². The van der Waals surface area contributed by atoms with Crippen molar-refractivity contribution in [2.75, 3.05) is 0 Å². The number of hydrogen-bond donors (Lipinski definition) is 3. The summed E-state index contributed by atoms with van der Waals surface area (Å²) in [7, 11) is 0. The molecule has 118 valence electrons. The molecule has 0 aliphatic heterocycles. The van der Waals surface area contributed by atoms with Crippen molar-refractivity contribution in [3.63, 3.8) is 0 Å². The van der Waals surface area contributed by atoms with Crippen LogP contribution in [0.15, 0.2) is 24.3 Å². The largest absolute Gasteiger partial charge is 0.302 e. The molecule has 0 spiro atoms. The SMILES string of the molecule is CC(C)CC(=O)NC(=S)NNC(=O)c1ccc([N+](=O)[O-])cc1. The Morgan fingerprint density at radius 1 is 1.23 bits per heavy atom. The number of carbonyl (C=O) groups is 2. The lowest BCUT2D eigenvalue weighted by molar-refractivity contribution is -0.384. The highest BCUT2D eigenvalue weighted by molar-refractivity contribution is 7.80. The van der Waals surface area contributed by atoms with Crippen molar-refractivity contribution >= 4 is 34.8 Å². The minimum Gasteiger partial charge on any atom is -0.302 e. The molecule has 0 aromatic heterocycles. The summed E-state index contributed by atoms with van der Waals surface area (Å²) < 4.78 is 0. The number of rotatable bonds is 4. The van der Waals surface area contributed by atoms with Gasteiger partial charge in [-0.25, -0.2) is 0 Å². The van der Waals surface area contributed by atoms with Crippen LogP contribution in [-0.4, -0.2) is 21.9 Å². The highest BCUT2D eigenvalue weighted by Crippen LogP contribution is 2.11. The number of nitrogens with one attached hydrogen (secondary N) is 3. The summed E-state index contributed by atoms with van der Waals surface area (Å²) >= 11 is 4.86. The van der Waals surface area contributed by atoms with E-state index in [2.05, 4.69) is 16.2 Å². The van der Waals surface area contributed by atoms with Crippen LogP contribution >= 0.6 is 12.2 Å². The van der Waals surface area contributed by atoms with Crippen molar-refractivity contribution in [1.29, 1.82) is 0 Å². The van der Waals surface area contributed by atoms with Crippen LogP contribution in [0.25, 0.3) is 0 Å². The molecule has 9 heteroatoms. The summed E-state index contributed by atoms with van der Waals surface area (Å²) in [6, 6.07) is 5.07. The molecule has 1 rings (SSSR count).